The van der Waals surface area contributed by atoms with E-state index in [9.17, 15) is 19.0 Å². The largest absolute Gasteiger partial charge is 0.756 e. The highest BCUT2D eigenvalue weighted by Gasteiger charge is 2.21. The van der Waals surface area contributed by atoms with Crippen LogP contribution in [0.1, 0.15) is 232 Å². The number of unbranched alkanes of at least 4 members (excludes halogenated alkanes) is 25. The van der Waals surface area contributed by atoms with Crippen LogP contribution in [0, 0.1) is 0 Å². The van der Waals surface area contributed by atoms with Gasteiger partial charge in [-0.25, -0.2) is 0 Å². The second-order valence-electron chi connectivity index (χ2n) is 19.2. The number of hydrogen-bond donors (Lipinski definition) is 0. The van der Waals surface area contributed by atoms with Crippen molar-refractivity contribution >= 4 is 19.8 Å². The number of rotatable bonds is 49. The van der Waals surface area contributed by atoms with Gasteiger partial charge in [-0.2, -0.15) is 0 Å². The number of allylic oxidation sites excluding steroid dienone is 10. The van der Waals surface area contributed by atoms with E-state index < -0.39 is 32.5 Å². The number of hydrogen-bond acceptors (Lipinski definition) is 8. The van der Waals surface area contributed by atoms with E-state index in [2.05, 4.69) is 68.5 Å². The van der Waals surface area contributed by atoms with Crippen molar-refractivity contribution in [3.8, 4) is 0 Å². The van der Waals surface area contributed by atoms with Gasteiger partial charge in [0.2, 0.25) is 0 Å². The molecule has 1 unspecified atom stereocenters. The van der Waals surface area contributed by atoms with Crippen LogP contribution in [0.2, 0.25) is 0 Å². The Hall–Kier alpha value is -2.29. The summed E-state index contributed by atoms with van der Waals surface area (Å²) in [5, 5.41) is 0. The van der Waals surface area contributed by atoms with Crippen LogP contribution in [-0.4, -0.2) is 70.0 Å². The summed E-state index contributed by atoms with van der Waals surface area (Å²) in [7, 11) is 1.13. The minimum atomic E-state index is -4.65. The molecule has 66 heavy (non-hydrogen) atoms. The SMILES string of the molecule is CCCCCCCC/C=C/CCCCCCCCCCCCCC(=O)OC[C@H](COP(=O)([O-])OCC[N+](C)(C)C)OC(=O)CCC/C=C/C/C=C/C/C=C/C/C=C/CCCCCCCCC. The van der Waals surface area contributed by atoms with E-state index in [1.54, 1.807) is 0 Å². The third kappa shape index (κ3) is 51.1. The van der Waals surface area contributed by atoms with Gasteiger partial charge in [0.15, 0.2) is 6.10 Å². The van der Waals surface area contributed by atoms with E-state index in [-0.39, 0.29) is 26.1 Å². The van der Waals surface area contributed by atoms with Crippen LogP contribution in [0.25, 0.3) is 0 Å². The zero-order valence-corrected chi connectivity index (χ0v) is 44.3. The quantitative estimate of drug-likeness (QED) is 0.0195. The molecule has 0 bridgehead atoms. The number of quaternary nitrogens is 1. The summed E-state index contributed by atoms with van der Waals surface area (Å²) in [5.74, 6) is -0.897. The first kappa shape index (κ1) is 63.7. The standard InChI is InChI=1S/C56H102NO8P/c1-6-8-10-12-14-16-18-20-22-24-26-28-30-32-34-36-38-40-42-44-46-48-55(58)62-52-54(53-64-66(60,61)63-51-50-57(3,4)5)65-56(59)49-47-45-43-41-39-37-35-33-31-29-27-25-23-21-19-17-15-13-11-9-7-2/h20,22-23,25,29,31,35,37,41,43,54H,6-19,21,24,26-28,30,32-34,36,38-40,42,44-53H2,1-5H3/b22-20+,25-23+,31-29+,37-35+,43-41+/t54-/m1/s1. The van der Waals surface area contributed by atoms with Gasteiger partial charge >= 0.3 is 11.9 Å². The molecule has 0 saturated heterocycles. The van der Waals surface area contributed by atoms with Crippen molar-refractivity contribution in [2.24, 2.45) is 0 Å². The Morgan fingerprint density at radius 2 is 0.833 bits per heavy atom. The van der Waals surface area contributed by atoms with Crippen LogP contribution < -0.4 is 4.89 Å². The van der Waals surface area contributed by atoms with Gasteiger partial charge in [0.1, 0.15) is 19.8 Å². The van der Waals surface area contributed by atoms with Crippen molar-refractivity contribution in [3.05, 3.63) is 60.8 Å². The van der Waals surface area contributed by atoms with Gasteiger partial charge in [-0.3, -0.25) is 14.2 Å². The number of carbonyl (C=O) groups excluding carboxylic acids is 2. The average Bonchev–Trinajstić information content (AvgIpc) is 3.27. The number of carbonyl (C=O) groups is 2. The second kappa shape index (κ2) is 47.8. The minimum Gasteiger partial charge on any atom is -0.756 e. The first-order valence-electron chi connectivity index (χ1n) is 27.0. The summed E-state index contributed by atoms with van der Waals surface area (Å²) in [6.07, 6.45) is 59.8. The molecule has 0 saturated carbocycles. The monoisotopic (exact) mass is 948 g/mol. The van der Waals surface area contributed by atoms with Crippen LogP contribution in [0.15, 0.2) is 60.8 Å². The van der Waals surface area contributed by atoms with E-state index in [0.717, 1.165) is 38.5 Å². The molecule has 0 amide bonds. The maximum absolute atomic E-state index is 12.7. The Kier molecular flexibility index (Phi) is 46.1. The zero-order valence-electron chi connectivity index (χ0n) is 43.4. The second-order valence-corrected chi connectivity index (χ2v) is 20.6. The summed E-state index contributed by atoms with van der Waals surface area (Å²) < 4.78 is 34.0. The van der Waals surface area contributed by atoms with Crippen LogP contribution in [0.3, 0.4) is 0 Å². The maximum atomic E-state index is 12.7. The average molecular weight is 948 g/mol. The van der Waals surface area contributed by atoms with Gasteiger partial charge in [-0.05, 0) is 77.0 Å². The fraction of sp³-hybridized carbons (Fsp3) is 0.786. The van der Waals surface area contributed by atoms with E-state index in [1.807, 2.05) is 27.2 Å². The smallest absolute Gasteiger partial charge is 0.306 e. The highest BCUT2D eigenvalue weighted by molar-refractivity contribution is 7.45. The molecule has 9 nitrogen and oxygen atoms in total. The van der Waals surface area contributed by atoms with Crippen LogP contribution in [0.4, 0.5) is 0 Å². The lowest BCUT2D eigenvalue weighted by Gasteiger charge is -2.28. The van der Waals surface area contributed by atoms with Gasteiger partial charge in [0.25, 0.3) is 7.82 Å². The van der Waals surface area contributed by atoms with Gasteiger partial charge in [-0.1, -0.05) is 203 Å². The minimum absolute atomic E-state index is 0.0426. The number of ether oxygens (including phenoxy) is 2. The fourth-order valence-corrected chi connectivity index (χ4v) is 8.02. The lowest BCUT2D eigenvalue weighted by atomic mass is 10.0. The van der Waals surface area contributed by atoms with Crippen molar-refractivity contribution in [2.45, 2.75) is 238 Å². The van der Waals surface area contributed by atoms with Gasteiger partial charge in [0, 0.05) is 12.8 Å². The highest BCUT2D eigenvalue weighted by Crippen LogP contribution is 2.38. The van der Waals surface area contributed by atoms with Crippen molar-refractivity contribution < 1.29 is 42.1 Å². The summed E-state index contributed by atoms with van der Waals surface area (Å²) in [5.41, 5.74) is 0. The molecule has 0 aromatic carbocycles. The number of likely N-dealkylation sites (N-methyl/N-ethyl adjacent to an activating group) is 1. The number of phosphoric acid groups is 1. The third-order valence-corrected chi connectivity index (χ3v) is 12.5. The molecular formula is C56H102NO8P. The molecule has 0 fully saturated rings. The predicted octanol–water partition coefficient (Wildman–Crippen LogP) is 15.7. The van der Waals surface area contributed by atoms with Crippen molar-refractivity contribution in [3.63, 3.8) is 0 Å². The number of esters is 2. The molecule has 0 spiro atoms. The predicted molar refractivity (Wildman–Crippen MR) is 277 cm³/mol. The lowest BCUT2D eigenvalue weighted by molar-refractivity contribution is -0.870. The Labute approximate surface area is 406 Å². The number of phosphoric ester groups is 1. The Bertz CT molecular complexity index is 1300. The molecule has 0 aromatic heterocycles. The van der Waals surface area contributed by atoms with Crippen molar-refractivity contribution in [1.29, 1.82) is 0 Å². The molecule has 0 rings (SSSR count). The summed E-state index contributed by atoms with van der Waals surface area (Å²) in [4.78, 5) is 37.7. The highest BCUT2D eigenvalue weighted by atomic mass is 31.2. The molecule has 0 heterocycles. The molecule has 10 heteroatoms. The Morgan fingerprint density at radius 3 is 1.27 bits per heavy atom. The topological polar surface area (TPSA) is 111 Å². The molecule has 0 aliphatic heterocycles. The molecule has 0 aliphatic rings. The van der Waals surface area contributed by atoms with Crippen molar-refractivity contribution in [2.75, 3.05) is 47.5 Å². The fourth-order valence-electron chi connectivity index (χ4n) is 7.29. The molecular weight excluding hydrogens is 846 g/mol. The lowest BCUT2D eigenvalue weighted by Crippen LogP contribution is -2.37. The molecule has 0 aromatic rings. The van der Waals surface area contributed by atoms with Crippen LogP contribution in [-0.2, 0) is 32.7 Å². The summed E-state index contributed by atoms with van der Waals surface area (Å²) in [6, 6.07) is 0. The maximum Gasteiger partial charge on any atom is 0.306 e. The molecule has 0 aliphatic carbocycles. The van der Waals surface area contributed by atoms with Crippen molar-refractivity contribution in [1.82, 2.24) is 0 Å². The Balaban J connectivity index is 4.31. The molecule has 0 radical (unpaired) electrons. The molecule has 384 valence electrons. The molecule has 0 N–H and O–H groups in total. The van der Waals surface area contributed by atoms with E-state index >= 15 is 0 Å². The van der Waals surface area contributed by atoms with Gasteiger partial charge < -0.3 is 27.9 Å². The molecule has 2 atom stereocenters. The Morgan fingerprint density at radius 1 is 0.470 bits per heavy atom. The van der Waals surface area contributed by atoms with Gasteiger partial charge in [0.05, 0.1) is 27.7 Å². The van der Waals surface area contributed by atoms with E-state index in [1.165, 1.54) is 154 Å². The summed E-state index contributed by atoms with van der Waals surface area (Å²) >= 11 is 0. The zero-order chi connectivity index (χ0) is 48.5. The first-order chi connectivity index (χ1) is 32.0. The van der Waals surface area contributed by atoms with Gasteiger partial charge in [-0.15, -0.1) is 0 Å². The number of nitrogens with zero attached hydrogens (tertiary/aromatic N) is 1. The van der Waals surface area contributed by atoms with Crippen LogP contribution >= 0.6 is 7.82 Å². The first-order valence-corrected chi connectivity index (χ1v) is 28.5. The normalized spacial score (nSPS) is 13.8. The third-order valence-electron chi connectivity index (χ3n) is 11.5. The van der Waals surface area contributed by atoms with E-state index in [4.69, 9.17) is 18.5 Å². The summed E-state index contributed by atoms with van der Waals surface area (Å²) in [6.45, 7) is 4.18. The van der Waals surface area contributed by atoms with Crippen LogP contribution in [0.5, 0.6) is 0 Å². The van der Waals surface area contributed by atoms with E-state index in [0.29, 0.717) is 23.9 Å².